The Hall–Kier alpha value is -2.99. The summed E-state index contributed by atoms with van der Waals surface area (Å²) in [6.45, 7) is 5.53. The van der Waals surface area contributed by atoms with Gasteiger partial charge < -0.3 is 9.73 Å². The third-order valence-corrected chi connectivity index (χ3v) is 4.17. The first-order chi connectivity index (χ1) is 13.2. The Bertz CT molecular complexity index is 877. The lowest BCUT2D eigenvalue weighted by Crippen LogP contribution is -2.33. The number of rotatable bonds is 8. The van der Waals surface area contributed by atoms with Crippen molar-refractivity contribution in [2.75, 3.05) is 18.4 Å². The van der Waals surface area contributed by atoms with Crippen LogP contribution in [-0.2, 0) is 11.3 Å². The van der Waals surface area contributed by atoms with Crippen molar-refractivity contribution in [2.45, 2.75) is 26.8 Å². The third kappa shape index (κ3) is 5.24. The first-order valence-corrected chi connectivity index (χ1v) is 9.11. The molecule has 140 valence electrons. The molecule has 3 rings (SSSR count). The highest BCUT2D eigenvalue weighted by Gasteiger charge is 2.16. The van der Waals surface area contributed by atoms with Crippen molar-refractivity contribution in [1.29, 1.82) is 0 Å². The standard InChI is InChI=1S/C21H24N4O2/c1-3-13-25(14-19(26)22-18-12-8-7-9-16(18)2)15-20-23-24-21(27-20)17-10-5-4-6-11-17/h4-12H,3,13-15H2,1-2H3,(H,22,26). The maximum absolute atomic E-state index is 12.4. The lowest BCUT2D eigenvalue weighted by molar-refractivity contribution is -0.117. The van der Waals surface area contributed by atoms with Gasteiger partial charge in [0.05, 0.1) is 13.1 Å². The second kappa shape index (κ2) is 9.09. The van der Waals surface area contributed by atoms with E-state index in [0.29, 0.717) is 18.3 Å². The monoisotopic (exact) mass is 364 g/mol. The Morgan fingerprint density at radius 2 is 1.81 bits per heavy atom. The Morgan fingerprint density at radius 1 is 1.07 bits per heavy atom. The minimum absolute atomic E-state index is 0.0550. The van der Waals surface area contributed by atoms with Crippen molar-refractivity contribution in [3.05, 3.63) is 66.1 Å². The highest BCUT2D eigenvalue weighted by Crippen LogP contribution is 2.18. The van der Waals surface area contributed by atoms with Crippen LogP contribution in [-0.4, -0.2) is 34.1 Å². The number of amides is 1. The van der Waals surface area contributed by atoms with Crippen LogP contribution in [0.2, 0.25) is 0 Å². The number of carbonyl (C=O) groups is 1. The van der Waals surface area contributed by atoms with Crippen molar-refractivity contribution in [3.63, 3.8) is 0 Å². The van der Waals surface area contributed by atoms with Crippen LogP contribution in [0.25, 0.3) is 11.5 Å². The van der Waals surface area contributed by atoms with Gasteiger partial charge in [-0.1, -0.05) is 43.3 Å². The molecule has 1 heterocycles. The van der Waals surface area contributed by atoms with Gasteiger partial charge in [0.25, 0.3) is 0 Å². The molecule has 0 saturated heterocycles. The van der Waals surface area contributed by atoms with Gasteiger partial charge in [-0.3, -0.25) is 9.69 Å². The van der Waals surface area contributed by atoms with Gasteiger partial charge >= 0.3 is 0 Å². The predicted octanol–water partition coefficient (Wildman–Crippen LogP) is 3.90. The van der Waals surface area contributed by atoms with Crippen LogP contribution in [0.3, 0.4) is 0 Å². The molecule has 0 atom stereocenters. The fourth-order valence-corrected chi connectivity index (χ4v) is 2.84. The first kappa shape index (κ1) is 18.8. The van der Waals surface area contributed by atoms with E-state index in [0.717, 1.165) is 29.8 Å². The lowest BCUT2D eigenvalue weighted by atomic mass is 10.2. The van der Waals surface area contributed by atoms with Gasteiger partial charge in [-0.2, -0.15) is 0 Å². The Morgan fingerprint density at radius 3 is 2.56 bits per heavy atom. The average molecular weight is 364 g/mol. The molecule has 1 N–H and O–H groups in total. The molecule has 27 heavy (non-hydrogen) atoms. The zero-order valence-electron chi connectivity index (χ0n) is 15.7. The van der Waals surface area contributed by atoms with Gasteiger partial charge in [-0.05, 0) is 43.7 Å². The molecule has 0 bridgehead atoms. The summed E-state index contributed by atoms with van der Waals surface area (Å²) in [5.74, 6) is 0.943. The van der Waals surface area contributed by atoms with E-state index < -0.39 is 0 Å². The summed E-state index contributed by atoms with van der Waals surface area (Å²) in [7, 11) is 0. The third-order valence-electron chi connectivity index (χ3n) is 4.17. The molecule has 0 saturated carbocycles. The molecule has 0 aliphatic carbocycles. The van der Waals surface area contributed by atoms with Gasteiger partial charge in [-0.15, -0.1) is 10.2 Å². The molecule has 1 aromatic heterocycles. The number of nitrogens with one attached hydrogen (secondary N) is 1. The molecule has 2 aromatic carbocycles. The van der Waals surface area contributed by atoms with Gasteiger partial charge in [0.15, 0.2) is 0 Å². The summed E-state index contributed by atoms with van der Waals surface area (Å²) < 4.78 is 5.77. The van der Waals surface area contributed by atoms with Crippen molar-refractivity contribution in [2.24, 2.45) is 0 Å². The quantitative estimate of drug-likeness (QED) is 0.656. The number of para-hydroxylation sites is 1. The number of benzene rings is 2. The highest BCUT2D eigenvalue weighted by atomic mass is 16.4. The summed E-state index contributed by atoms with van der Waals surface area (Å²) in [5.41, 5.74) is 2.76. The summed E-state index contributed by atoms with van der Waals surface area (Å²) in [6, 6.07) is 17.4. The second-order valence-corrected chi connectivity index (χ2v) is 6.44. The summed E-state index contributed by atoms with van der Waals surface area (Å²) in [4.78, 5) is 14.5. The lowest BCUT2D eigenvalue weighted by Gasteiger charge is -2.19. The Kier molecular flexibility index (Phi) is 6.33. The topological polar surface area (TPSA) is 71.3 Å². The minimum Gasteiger partial charge on any atom is -0.419 e. The summed E-state index contributed by atoms with van der Waals surface area (Å²) >= 11 is 0. The zero-order chi connectivity index (χ0) is 19.1. The highest BCUT2D eigenvalue weighted by molar-refractivity contribution is 5.92. The predicted molar refractivity (Wildman–Crippen MR) is 105 cm³/mol. The number of aryl methyl sites for hydroxylation is 1. The van der Waals surface area contributed by atoms with Crippen molar-refractivity contribution in [1.82, 2.24) is 15.1 Å². The molecule has 0 radical (unpaired) electrons. The van der Waals surface area contributed by atoms with Crippen LogP contribution in [0, 0.1) is 6.92 Å². The SMILES string of the molecule is CCCN(CC(=O)Nc1ccccc1C)Cc1nnc(-c2ccccc2)o1. The summed E-state index contributed by atoms with van der Waals surface area (Å²) in [6.07, 6.45) is 0.928. The van der Waals surface area contributed by atoms with Crippen molar-refractivity contribution >= 4 is 11.6 Å². The zero-order valence-corrected chi connectivity index (χ0v) is 15.7. The molecule has 0 spiro atoms. The molecule has 0 unspecified atom stereocenters. The Labute approximate surface area is 159 Å². The number of anilines is 1. The van der Waals surface area contributed by atoms with Crippen molar-refractivity contribution in [3.8, 4) is 11.5 Å². The molecular weight excluding hydrogens is 340 g/mol. The normalized spacial score (nSPS) is 10.9. The van der Waals surface area contributed by atoms with Crippen LogP contribution in [0.4, 0.5) is 5.69 Å². The number of hydrogen-bond acceptors (Lipinski definition) is 5. The van der Waals surface area contributed by atoms with Crippen LogP contribution < -0.4 is 5.32 Å². The van der Waals surface area contributed by atoms with E-state index in [2.05, 4.69) is 22.4 Å². The molecule has 1 amide bonds. The van der Waals surface area contributed by atoms with E-state index in [1.807, 2.05) is 66.4 Å². The van der Waals surface area contributed by atoms with E-state index in [9.17, 15) is 4.79 Å². The van der Waals surface area contributed by atoms with E-state index >= 15 is 0 Å². The van der Waals surface area contributed by atoms with E-state index in [-0.39, 0.29) is 12.5 Å². The average Bonchev–Trinajstić information content (AvgIpc) is 3.13. The molecule has 0 fully saturated rings. The molecular formula is C21H24N4O2. The fourth-order valence-electron chi connectivity index (χ4n) is 2.84. The minimum atomic E-state index is -0.0550. The van der Waals surface area contributed by atoms with E-state index in [1.165, 1.54) is 0 Å². The van der Waals surface area contributed by atoms with Crippen LogP contribution in [0.1, 0.15) is 24.8 Å². The van der Waals surface area contributed by atoms with Crippen LogP contribution in [0.5, 0.6) is 0 Å². The second-order valence-electron chi connectivity index (χ2n) is 6.44. The fraction of sp³-hybridized carbons (Fsp3) is 0.286. The number of carbonyl (C=O) groups excluding carboxylic acids is 1. The molecule has 6 nitrogen and oxygen atoms in total. The smallest absolute Gasteiger partial charge is 0.247 e. The van der Waals surface area contributed by atoms with Gasteiger partial charge in [-0.25, -0.2) is 0 Å². The van der Waals surface area contributed by atoms with Crippen LogP contribution in [0.15, 0.2) is 59.0 Å². The molecule has 0 aliphatic heterocycles. The Balaban J connectivity index is 1.63. The number of hydrogen-bond donors (Lipinski definition) is 1. The number of aromatic nitrogens is 2. The van der Waals surface area contributed by atoms with E-state index in [1.54, 1.807) is 0 Å². The van der Waals surface area contributed by atoms with Gasteiger partial charge in [0.1, 0.15) is 0 Å². The molecule has 6 heteroatoms. The van der Waals surface area contributed by atoms with Crippen molar-refractivity contribution < 1.29 is 9.21 Å². The maximum atomic E-state index is 12.4. The largest absolute Gasteiger partial charge is 0.419 e. The molecule has 0 aliphatic rings. The van der Waals surface area contributed by atoms with Crippen LogP contribution >= 0.6 is 0 Å². The van der Waals surface area contributed by atoms with Gasteiger partial charge in [0, 0.05) is 11.3 Å². The summed E-state index contributed by atoms with van der Waals surface area (Å²) in [5, 5.41) is 11.2. The maximum Gasteiger partial charge on any atom is 0.247 e. The number of nitrogens with zero attached hydrogens (tertiary/aromatic N) is 3. The van der Waals surface area contributed by atoms with E-state index in [4.69, 9.17) is 4.42 Å². The van der Waals surface area contributed by atoms with Gasteiger partial charge in [0.2, 0.25) is 17.7 Å². The first-order valence-electron chi connectivity index (χ1n) is 9.11. The molecule has 3 aromatic rings.